The molecule has 1 heterocycles. The largest absolute Gasteiger partial charge is 0.397 e. The van der Waals surface area contributed by atoms with Gasteiger partial charge in [0, 0.05) is 0 Å². The molecule has 0 bridgehead atoms. The Kier molecular flexibility index (Phi) is 3.96. The Bertz CT molecular complexity index is 630. The van der Waals surface area contributed by atoms with Crippen molar-refractivity contribution in [2.45, 2.75) is 20.8 Å². The zero-order chi connectivity index (χ0) is 14.2. The second-order valence-corrected chi connectivity index (χ2v) is 6.92. The molecule has 0 unspecified atom stereocenters. The first-order valence-electron chi connectivity index (χ1n) is 5.82. The summed E-state index contributed by atoms with van der Waals surface area (Å²) in [5, 5.41) is 2.86. The van der Waals surface area contributed by atoms with E-state index >= 15 is 0 Å². The number of halogens is 1. The van der Waals surface area contributed by atoms with Crippen LogP contribution in [0.2, 0.25) is 0 Å². The van der Waals surface area contributed by atoms with Gasteiger partial charge in [0.25, 0.3) is 5.91 Å². The van der Waals surface area contributed by atoms with Crippen molar-refractivity contribution >= 4 is 44.5 Å². The highest BCUT2D eigenvalue weighted by atomic mass is 79.9. The van der Waals surface area contributed by atoms with E-state index in [1.807, 2.05) is 39.0 Å². The molecule has 5 heteroatoms. The topological polar surface area (TPSA) is 55.1 Å². The quantitative estimate of drug-likeness (QED) is 0.803. The molecule has 0 spiro atoms. The number of carbonyl (C=O) groups is 1. The van der Waals surface area contributed by atoms with E-state index < -0.39 is 0 Å². The highest BCUT2D eigenvalue weighted by molar-refractivity contribution is 9.11. The lowest BCUT2D eigenvalue weighted by Crippen LogP contribution is -2.12. The summed E-state index contributed by atoms with van der Waals surface area (Å²) in [4.78, 5) is 12.8. The maximum absolute atomic E-state index is 12.2. The van der Waals surface area contributed by atoms with Gasteiger partial charge >= 0.3 is 0 Å². The van der Waals surface area contributed by atoms with Crippen molar-refractivity contribution in [3.05, 3.63) is 43.6 Å². The first kappa shape index (κ1) is 14.1. The summed E-state index contributed by atoms with van der Waals surface area (Å²) < 4.78 is 0.978. The van der Waals surface area contributed by atoms with Gasteiger partial charge in [0.15, 0.2) is 0 Å². The number of anilines is 2. The van der Waals surface area contributed by atoms with Crippen LogP contribution in [0.3, 0.4) is 0 Å². The molecule has 1 aromatic heterocycles. The summed E-state index contributed by atoms with van der Waals surface area (Å²) >= 11 is 4.84. The molecule has 0 aliphatic heterocycles. The lowest BCUT2D eigenvalue weighted by atomic mass is 10.1. The molecule has 3 nitrogen and oxygen atoms in total. The van der Waals surface area contributed by atoms with E-state index in [1.54, 1.807) is 0 Å². The van der Waals surface area contributed by atoms with Crippen molar-refractivity contribution in [3.63, 3.8) is 0 Å². The highest BCUT2D eigenvalue weighted by Gasteiger charge is 2.13. The number of aryl methyl sites for hydroxylation is 3. The third-order valence-electron chi connectivity index (χ3n) is 3.00. The minimum absolute atomic E-state index is 0.131. The lowest BCUT2D eigenvalue weighted by molar-refractivity contribution is 0.103. The highest BCUT2D eigenvalue weighted by Crippen LogP contribution is 2.29. The monoisotopic (exact) mass is 338 g/mol. The van der Waals surface area contributed by atoms with Crippen molar-refractivity contribution < 1.29 is 4.79 Å². The van der Waals surface area contributed by atoms with Crippen LogP contribution < -0.4 is 11.1 Å². The maximum Gasteiger partial charge on any atom is 0.265 e. The standard InChI is InChI=1S/C14H15BrN2OS/c1-7-4-10(16)11(5-8(7)2)17-14(18)12-6-9(3)13(15)19-12/h4-6H,16H2,1-3H3,(H,17,18). The van der Waals surface area contributed by atoms with E-state index in [1.165, 1.54) is 11.3 Å². The maximum atomic E-state index is 12.2. The van der Waals surface area contributed by atoms with Crippen molar-refractivity contribution in [1.82, 2.24) is 0 Å². The minimum atomic E-state index is -0.131. The lowest BCUT2D eigenvalue weighted by Gasteiger charge is -2.10. The van der Waals surface area contributed by atoms with Gasteiger partial charge in [-0.15, -0.1) is 11.3 Å². The van der Waals surface area contributed by atoms with Gasteiger partial charge in [-0.3, -0.25) is 4.79 Å². The molecular weight excluding hydrogens is 324 g/mol. The van der Waals surface area contributed by atoms with E-state index in [0.29, 0.717) is 16.3 Å². The molecule has 0 aliphatic carbocycles. The molecule has 100 valence electrons. The molecule has 0 saturated carbocycles. The van der Waals surface area contributed by atoms with Crippen LogP contribution in [0.15, 0.2) is 22.0 Å². The average molecular weight is 339 g/mol. The molecule has 2 aromatic rings. The molecule has 0 saturated heterocycles. The number of hydrogen-bond acceptors (Lipinski definition) is 3. The van der Waals surface area contributed by atoms with E-state index in [0.717, 1.165) is 20.5 Å². The molecule has 3 N–H and O–H groups in total. The minimum Gasteiger partial charge on any atom is -0.397 e. The van der Waals surface area contributed by atoms with Crippen molar-refractivity contribution in [3.8, 4) is 0 Å². The van der Waals surface area contributed by atoms with Crippen LogP contribution in [0.5, 0.6) is 0 Å². The fourth-order valence-corrected chi connectivity index (χ4v) is 3.13. The molecule has 2 rings (SSSR count). The summed E-state index contributed by atoms with van der Waals surface area (Å²) in [6, 6.07) is 5.64. The first-order chi connectivity index (χ1) is 8.88. The molecule has 0 fully saturated rings. The van der Waals surface area contributed by atoms with Crippen LogP contribution in [0, 0.1) is 20.8 Å². The first-order valence-corrected chi connectivity index (χ1v) is 7.43. The van der Waals surface area contributed by atoms with Crippen LogP contribution in [0.4, 0.5) is 11.4 Å². The molecule has 0 radical (unpaired) electrons. The fraction of sp³-hybridized carbons (Fsp3) is 0.214. The van der Waals surface area contributed by atoms with E-state index in [2.05, 4.69) is 21.2 Å². The second-order valence-electron chi connectivity index (χ2n) is 4.55. The summed E-state index contributed by atoms with van der Waals surface area (Å²) in [6.45, 7) is 5.95. The molecule has 0 atom stereocenters. The van der Waals surface area contributed by atoms with E-state index in [4.69, 9.17) is 5.73 Å². The zero-order valence-corrected chi connectivity index (χ0v) is 13.4. The van der Waals surface area contributed by atoms with E-state index in [9.17, 15) is 4.79 Å². The van der Waals surface area contributed by atoms with E-state index in [-0.39, 0.29) is 5.91 Å². The number of nitrogens with two attached hydrogens (primary N) is 1. The van der Waals surface area contributed by atoms with Gasteiger partial charge < -0.3 is 11.1 Å². The molecular formula is C14H15BrN2OS. The number of carbonyl (C=O) groups excluding carboxylic acids is 1. The van der Waals surface area contributed by atoms with Crippen molar-refractivity contribution in [2.75, 3.05) is 11.1 Å². The van der Waals surface area contributed by atoms with Gasteiger partial charge in [-0.05, 0) is 71.6 Å². The van der Waals surface area contributed by atoms with Gasteiger partial charge in [0.2, 0.25) is 0 Å². The summed E-state index contributed by atoms with van der Waals surface area (Å²) in [5.41, 5.74) is 10.5. The second kappa shape index (κ2) is 5.35. The van der Waals surface area contributed by atoms with Crippen molar-refractivity contribution in [1.29, 1.82) is 0 Å². The Hall–Kier alpha value is -1.33. The van der Waals surface area contributed by atoms with Gasteiger partial charge in [-0.1, -0.05) is 0 Å². The SMILES string of the molecule is Cc1cc(N)c(NC(=O)c2cc(C)c(Br)s2)cc1C. The zero-order valence-electron chi connectivity index (χ0n) is 11.0. The molecule has 1 aromatic carbocycles. The van der Waals surface area contributed by atoms with Gasteiger partial charge in [0.05, 0.1) is 20.0 Å². The van der Waals surface area contributed by atoms with Gasteiger partial charge in [-0.25, -0.2) is 0 Å². The number of nitrogens with one attached hydrogen (secondary N) is 1. The Morgan fingerprint density at radius 2 is 1.79 bits per heavy atom. The smallest absolute Gasteiger partial charge is 0.265 e. The normalized spacial score (nSPS) is 10.5. The number of hydrogen-bond donors (Lipinski definition) is 2. The summed E-state index contributed by atoms with van der Waals surface area (Å²) in [7, 11) is 0. The molecule has 1 amide bonds. The van der Waals surface area contributed by atoms with Crippen LogP contribution in [0.25, 0.3) is 0 Å². The third-order valence-corrected chi connectivity index (χ3v) is 5.13. The van der Waals surface area contributed by atoms with Gasteiger partial charge in [-0.2, -0.15) is 0 Å². The fourth-order valence-electron chi connectivity index (χ4n) is 1.70. The summed E-state index contributed by atoms with van der Waals surface area (Å²) in [6.07, 6.45) is 0. The van der Waals surface area contributed by atoms with Crippen molar-refractivity contribution in [2.24, 2.45) is 0 Å². The van der Waals surface area contributed by atoms with Crippen LogP contribution in [-0.2, 0) is 0 Å². The number of benzene rings is 1. The number of thiophene rings is 1. The molecule has 0 aliphatic rings. The number of amides is 1. The Labute approximate surface area is 125 Å². The van der Waals surface area contributed by atoms with Crippen LogP contribution in [0.1, 0.15) is 26.4 Å². The van der Waals surface area contributed by atoms with Gasteiger partial charge in [0.1, 0.15) is 0 Å². The Morgan fingerprint density at radius 3 is 2.37 bits per heavy atom. The number of rotatable bonds is 2. The average Bonchev–Trinajstić information content (AvgIpc) is 2.67. The predicted molar refractivity (Wildman–Crippen MR) is 85.0 cm³/mol. The Morgan fingerprint density at radius 1 is 1.16 bits per heavy atom. The Balaban J connectivity index is 2.26. The third kappa shape index (κ3) is 2.98. The number of nitrogen functional groups attached to an aromatic ring is 1. The van der Waals surface area contributed by atoms with Crippen LogP contribution in [-0.4, -0.2) is 5.91 Å². The predicted octanol–water partition coefficient (Wildman–Crippen LogP) is 4.27. The summed E-state index contributed by atoms with van der Waals surface area (Å²) in [5.74, 6) is -0.131. The molecule has 19 heavy (non-hydrogen) atoms. The van der Waals surface area contributed by atoms with Crippen LogP contribution >= 0.6 is 27.3 Å².